The first kappa shape index (κ1) is 42.7. The second kappa shape index (κ2) is 21.2. The minimum Gasteiger partial charge on any atom is -0.460 e. The number of nitrogens with one attached hydrogen (secondary N) is 3. The highest BCUT2D eigenvalue weighted by Gasteiger charge is 2.45. The Bertz CT molecular complexity index is 1880. The summed E-state index contributed by atoms with van der Waals surface area (Å²) in [5.74, 6) is -2.91. The molecule has 5 rings (SSSR count). The Balaban J connectivity index is 0.834. The quantitative estimate of drug-likeness (QED) is 0.0707. The Morgan fingerprint density at radius 1 is 0.719 bits per heavy atom. The van der Waals surface area contributed by atoms with Gasteiger partial charge in [0, 0.05) is 24.3 Å². The molecule has 0 aliphatic carbocycles. The summed E-state index contributed by atoms with van der Waals surface area (Å²) in [4.78, 5) is 63.5. The van der Waals surface area contributed by atoms with Crippen molar-refractivity contribution < 1.29 is 65.6 Å². The maximum atomic E-state index is 13.2. The number of fused-ring (bicyclic) bond motifs is 1. The molecular formula is C39H43F3N4O11. The standard InChI is InChI=1S/C39H43F3N4O11/c40-39(41,42)26-5-3-6-27(25-26)44-30-9-2-1-7-28(30)38(51)57-24-23-56-22-21-55-20-19-54-18-17-53-16-15-52-14-13-43-31-10-4-8-29-34(31)37(50)46(36(29)49)32-11-12-33(47)45-35(32)48/h1-10,25,32,43-44H,11-24H2,(H,45,47,48). The predicted molar refractivity (Wildman–Crippen MR) is 197 cm³/mol. The summed E-state index contributed by atoms with van der Waals surface area (Å²) >= 11 is 0. The second-order valence-electron chi connectivity index (χ2n) is 12.5. The van der Waals surface area contributed by atoms with Crippen molar-refractivity contribution in [2.24, 2.45) is 0 Å². The molecule has 0 saturated carbocycles. The molecule has 2 aliphatic rings. The number of piperidine rings is 1. The number of hydrogen-bond acceptors (Lipinski definition) is 13. The zero-order chi connectivity index (χ0) is 40.6. The fourth-order valence-electron chi connectivity index (χ4n) is 5.87. The van der Waals surface area contributed by atoms with Gasteiger partial charge in [0.05, 0.1) is 94.0 Å². The average Bonchev–Trinajstić information content (AvgIpc) is 3.44. The van der Waals surface area contributed by atoms with E-state index in [4.69, 9.17) is 28.4 Å². The molecule has 2 heterocycles. The van der Waals surface area contributed by atoms with Gasteiger partial charge in [-0.3, -0.25) is 29.4 Å². The van der Waals surface area contributed by atoms with Gasteiger partial charge < -0.3 is 39.1 Å². The number of nitrogens with zero attached hydrogens (tertiary/aromatic N) is 1. The van der Waals surface area contributed by atoms with Crippen LogP contribution in [0, 0.1) is 0 Å². The van der Waals surface area contributed by atoms with Crippen LogP contribution in [0.4, 0.5) is 30.2 Å². The minimum atomic E-state index is -4.49. The van der Waals surface area contributed by atoms with Crippen molar-refractivity contribution in [3.05, 3.63) is 89.0 Å². The van der Waals surface area contributed by atoms with Crippen LogP contribution in [0.5, 0.6) is 0 Å². The van der Waals surface area contributed by atoms with E-state index in [1.165, 1.54) is 24.3 Å². The van der Waals surface area contributed by atoms with Crippen LogP contribution in [0.15, 0.2) is 66.7 Å². The van der Waals surface area contributed by atoms with Gasteiger partial charge in [0.25, 0.3) is 11.8 Å². The number of anilines is 3. The first-order valence-corrected chi connectivity index (χ1v) is 18.2. The third-order valence-electron chi connectivity index (χ3n) is 8.59. The molecule has 3 N–H and O–H groups in total. The average molecular weight is 801 g/mol. The number of amides is 4. The van der Waals surface area contributed by atoms with E-state index in [-0.39, 0.29) is 55.0 Å². The van der Waals surface area contributed by atoms with Crippen LogP contribution in [-0.4, -0.2) is 120 Å². The van der Waals surface area contributed by atoms with Crippen LogP contribution in [0.2, 0.25) is 0 Å². The van der Waals surface area contributed by atoms with Crippen molar-refractivity contribution in [1.82, 2.24) is 10.2 Å². The number of alkyl halides is 3. The van der Waals surface area contributed by atoms with Crippen LogP contribution >= 0.6 is 0 Å². The van der Waals surface area contributed by atoms with Crippen LogP contribution in [0.3, 0.4) is 0 Å². The number of hydrogen-bond donors (Lipinski definition) is 3. The number of carbonyl (C=O) groups is 5. The third kappa shape index (κ3) is 12.3. The van der Waals surface area contributed by atoms with Crippen molar-refractivity contribution in [3.63, 3.8) is 0 Å². The van der Waals surface area contributed by atoms with Crippen molar-refractivity contribution in [2.75, 3.05) is 89.9 Å². The number of halogens is 3. The van der Waals surface area contributed by atoms with Gasteiger partial charge in [0.2, 0.25) is 11.8 Å². The Morgan fingerprint density at radius 3 is 1.96 bits per heavy atom. The summed E-state index contributed by atoms with van der Waals surface area (Å²) in [5.41, 5.74) is 0.662. The number of benzene rings is 3. The van der Waals surface area contributed by atoms with Gasteiger partial charge in [-0.25, -0.2) is 4.79 Å². The lowest BCUT2D eigenvalue weighted by molar-refractivity contribution is -0.138. The monoisotopic (exact) mass is 800 g/mol. The van der Waals surface area contributed by atoms with E-state index in [0.29, 0.717) is 70.8 Å². The summed E-state index contributed by atoms with van der Waals surface area (Å²) < 4.78 is 71.9. The zero-order valence-electron chi connectivity index (χ0n) is 30.9. The number of carbonyl (C=O) groups excluding carboxylic acids is 5. The normalized spacial score (nSPS) is 15.4. The molecule has 4 amide bonds. The van der Waals surface area contributed by atoms with Gasteiger partial charge >= 0.3 is 12.1 Å². The van der Waals surface area contributed by atoms with Crippen molar-refractivity contribution in [1.29, 1.82) is 0 Å². The molecule has 1 fully saturated rings. The molecule has 1 saturated heterocycles. The lowest BCUT2D eigenvalue weighted by Gasteiger charge is -2.27. The molecule has 1 atom stereocenters. The molecule has 0 spiro atoms. The molecule has 0 bridgehead atoms. The molecule has 3 aromatic carbocycles. The van der Waals surface area contributed by atoms with E-state index >= 15 is 0 Å². The van der Waals surface area contributed by atoms with Gasteiger partial charge in [-0.15, -0.1) is 0 Å². The first-order chi connectivity index (χ1) is 27.5. The van der Waals surface area contributed by atoms with Crippen molar-refractivity contribution in [2.45, 2.75) is 25.1 Å². The summed E-state index contributed by atoms with van der Waals surface area (Å²) in [6.45, 7) is 3.36. The van der Waals surface area contributed by atoms with Crippen LogP contribution in [-0.2, 0) is 44.2 Å². The maximum absolute atomic E-state index is 13.2. The summed E-state index contributed by atoms with van der Waals surface area (Å²) in [7, 11) is 0. The highest BCUT2D eigenvalue weighted by Crippen LogP contribution is 2.33. The molecule has 57 heavy (non-hydrogen) atoms. The smallest absolute Gasteiger partial charge is 0.416 e. The number of para-hydroxylation sites is 1. The zero-order valence-corrected chi connectivity index (χ0v) is 30.9. The molecule has 15 nitrogen and oxygen atoms in total. The summed E-state index contributed by atoms with van der Waals surface area (Å²) in [6, 6.07) is 14.8. The number of esters is 1. The second-order valence-corrected chi connectivity index (χ2v) is 12.5. The lowest BCUT2D eigenvalue weighted by atomic mass is 10.0. The van der Waals surface area contributed by atoms with Gasteiger partial charge in [-0.05, 0) is 48.9 Å². The molecule has 0 aromatic heterocycles. The third-order valence-corrected chi connectivity index (χ3v) is 8.59. The molecule has 18 heteroatoms. The number of rotatable bonds is 23. The van der Waals surface area contributed by atoms with Crippen molar-refractivity contribution >= 4 is 46.7 Å². The Hall–Kier alpha value is -5.40. The highest BCUT2D eigenvalue weighted by atomic mass is 19.4. The molecule has 1 unspecified atom stereocenters. The van der Waals surface area contributed by atoms with E-state index < -0.39 is 47.4 Å². The van der Waals surface area contributed by atoms with Gasteiger partial charge in [0.1, 0.15) is 12.6 Å². The van der Waals surface area contributed by atoms with E-state index in [1.807, 2.05) is 0 Å². The van der Waals surface area contributed by atoms with Crippen molar-refractivity contribution in [3.8, 4) is 0 Å². The maximum Gasteiger partial charge on any atom is 0.416 e. The minimum absolute atomic E-state index is 0.0307. The van der Waals surface area contributed by atoms with Gasteiger partial charge in [-0.2, -0.15) is 13.2 Å². The van der Waals surface area contributed by atoms with E-state index in [2.05, 4.69) is 16.0 Å². The fraction of sp³-hybridized carbons (Fsp3) is 0.410. The molecule has 2 aliphatic heterocycles. The topological polar surface area (TPSA) is 180 Å². The SMILES string of the molecule is O=C1CCC(N2C(=O)c3cccc(NCCOCCOCCOCCOCCOCCOC(=O)c4ccccc4Nc4cccc(C(F)(F)F)c4)c3C2=O)C(=O)N1. The van der Waals surface area contributed by atoms with Crippen LogP contribution < -0.4 is 16.0 Å². The summed E-state index contributed by atoms with van der Waals surface area (Å²) in [6.07, 6.45) is -4.37. The number of ether oxygens (including phenoxy) is 6. The lowest BCUT2D eigenvalue weighted by Crippen LogP contribution is -2.54. The summed E-state index contributed by atoms with van der Waals surface area (Å²) in [5, 5.41) is 8.14. The Morgan fingerprint density at radius 2 is 1.32 bits per heavy atom. The largest absolute Gasteiger partial charge is 0.460 e. The first-order valence-electron chi connectivity index (χ1n) is 18.2. The Kier molecular flexibility index (Phi) is 15.9. The van der Waals surface area contributed by atoms with Gasteiger partial charge in [0.15, 0.2) is 0 Å². The molecular weight excluding hydrogens is 757 g/mol. The van der Waals surface area contributed by atoms with Crippen LogP contribution in [0.1, 0.15) is 49.5 Å². The van der Waals surface area contributed by atoms with E-state index in [9.17, 15) is 37.1 Å². The van der Waals surface area contributed by atoms with E-state index in [1.54, 1.807) is 30.3 Å². The highest BCUT2D eigenvalue weighted by molar-refractivity contribution is 6.25. The number of imide groups is 2. The van der Waals surface area contributed by atoms with E-state index in [0.717, 1.165) is 17.0 Å². The molecule has 3 aromatic rings. The van der Waals surface area contributed by atoms with Gasteiger partial charge in [-0.1, -0.05) is 24.3 Å². The molecule has 306 valence electrons. The molecule has 0 radical (unpaired) electrons. The predicted octanol–water partition coefficient (Wildman–Crippen LogP) is 4.20. The van der Waals surface area contributed by atoms with Crippen LogP contribution in [0.25, 0.3) is 0 Å². The Labute approximate surface area is 326 Å². The fourth-order valence-corrected chi connectivity index (χ4v) is 5.87.